The van der Waals surface area contributed by atoms with Crippen molar-refractivity contribution >= 4 is 15.9 Å². The van der Waals surface area contributed by atoms with E-state index < -0.39 is 5.82 Å². The molecule has 1 saturated heterocycles. The van der Waals surface area contributed by atoms with E-state index in [4.69, 9.17) is 19.5 Å². The summed E-state index contributed by atoms with van der Waals surface area (Å²) in [5.74, 6) is -0.470. The molecular weight excluding hydrogens is 329 g/mol. The molecule has 1 unspecified atom stereocenters. The van der Waals surface area contributed by atoms with Crippen LogP contribution in [0.4, 0.5) is 4.39 Å². The van der Waals surface area contributed by atoms with Crippen LogP contribution < -0.4 is 4.74 Å². The fourth-order valence-corrected chi connectivity index (χ4v) is 2.32. The Balaban J connectivity index is 1.79. The first kappa shape index (κ1) is 15.2. The number of benzene rings is 1. The average Bonchev–Trinajstić information content (AvgIpc) is 2.49. The van der Waals surface area contributed by atoms with Gasteiger partial charge in [-0.2, -0.15) is 5.26 Å². The van der Waals surface area contributed by atoms with E-state index >= 15 is 0 Å². The topological polar surface area (TPSA) is 51.5 Å². The Labute approximate surface area is 125 Å². The van der Waals surface area contributed by atoms with Gasteiger partial charge >= 0.3 is 0 Å². The van der Waals surface area contributed by atoms with Crippen LogP contribution in [0.5, 0.6) is 5.75 Å². The molecule has 1 aliphatic heterocycles. The van der Waals surface area contributed by atoms with E-state index in [-0.39, 0.29) is 28.7 Å². The van der Waals surface area contributed by atoms with E-state index in [1.54, 1.807) is 0 Å². The monoisotopic (exact) mass is 343 g/mol. The lowest BCUT2D eigenvalue weighted by Gasteiger charge is -2.22. The molecule has 1 atom stereocenters. The first-order valence-electron chi connectivity index (χ1n) is 6.46. The predicted octanol–water partition coefficient (Wildman–Crippen LogP) is 3.38. The van der Waals surface area contributed by atoms with Crippen LogP contribution in [0.2, 0.25) is 0 Å². The van der Waals surface area contributed by atoms with Crippen LogP contribution in [-0.4, -0.2) is 26.1 Å². The maximum Gasteiger partial charge on any atom is 0.180 e. The number of nitrogens with zero attached hydrogens (tertiary/aromatic N) is 1. The zero-order chi connectivity index (χ0) is 14.4. The lowest BCUT2D eigenvalue weighted by Crippen LogP contribution is -2.24. The third kappa shape index (κ3) is 3.92. The van der Waals surface area contributed by atoms with E-state index in [1.807, 2.05) is 6.07 Å². The van der Waals surface area contributed by atoms with Gasteiger partial charge in [0.25, 0.3) is 0 Å². The fourth-order valence-electron chi connectivity index (χ4n) is 1.90. The summed E-state index contributed by atoms with van der Waals surface area (Å²) in [5.41, 5.74) is 0.238. The molecule has 1 aromatic carbocycles. The molecule has 1 aromatic rings. The molecule has 0 radical (unpaired) electrons. The highest BCUT2D eigenvalue weighted by atomic mass is 79.9. The van der Waals surface area contributed by atoms with Crippen molar-refractivity contribution in [2.45, 2.75) is 25.6 Å². The van der Waals surface area contributed by atoms with Crippen molar-refractivity contribution in [2.75, 3.05) is 19.8 Å². The van der Waals surface area contributed by atoms with Crippen LogP contribution in [0.15, 0.2) is 16.6 Å². The van der Waals surface area contributed by atoms with Crippen LogP contribution in [0, 0.1) is 17.1 Å². The molecule has 108 valence electrons. The Kier molecular flexibility index (Phi) is 5.77. The SMILES string of the molecule is N#Cc1ccc(OCCOC2CCCCO2)c(F)c1Br. The van der Waals surface area contributed by atoms with Gasteiger partial charge in [-0.1, -0.05) is 0 Å². The lowest BCUT2D eigenvalue weighted by molar-refractivity contribution is -0.165. The second-order valence-electron chi connectivity index (χ2n) is 4.37. The number of hydrogen-bond donors (Lipinski definition) is 0. The highest BCUT2D eigenvalue weighted by molar-refractivity contribution is 9.10. The molecule has 0 saturated carbocycles. The first-order valence-corrected chi connectivity index (χ1v) is 7.26. The maximum atomic E-state index is 13.8. The molecule has 0 aromatic heterocycles. The van der Waals surface area contributed by atoms with Crippen LogP contribution >= 0.6 is 15.9 Å². The summed E-state index contributed by atoms with van der Waals surface area (Å²) in [7, 11) is 0. The largest absolute Gasteiger partial charge is 0.488 e. The third-order valence-electron chi connectivity index (χ3n) is 2.95. The van der Waals surface area contributed by atoms with Gasteiger partial charge in [0.05, 0.1) is 16.6 Å². The summed E-state index contributed by atoms with van der Waals surface area (Å²) >= 11 is 3.03. The Hall–Kier alpha value is -1.16. The minimum absolute atomic E-state index is 0.101. The van der Waals surface area contributed by atoms with Crippen molar-refractivity contribution in [3.63, 3.8) is 0 Å². The Morgan fingerprint density at radius 2 is 2.25 bits per heavy atom. The highest BCUT2D eigenvalue weighted by Crippen LogP contribution is 2.28. The molecule has 0 bridgehead atoms. The summed E-state index contributed by atoms with van der Waals surface area (Å²) in [5, 5.41) is 8.77. The molecule has 1 aliphatic rings. The number of hydrogen-bond acceptors (Lipinski definition) is 4. The number of nitriles is 1. The van der Waals surface area contributed by atoms with E-state index in [2.05, 4.69) is 15.9 Å². The molecule has 0 amide bonds. The highest BCUT2D eigenvalue weighted by Gasteiger charge is 2.15. The molecule has 20 heavy (non-hydrogen) atoms. The standard InChI is InChI=1S/C14H15BrFNO3/c15-13-10(9-17)4-5-11(14(13)16)18-7-8-20-12-3-1-2-6-19-12/h4-5,12H,1-3,6-8H2. The number of rotatable bonds is 5. The van der Waals surface area contributed by atoms with E-state index in [9.17, 15) is 4.39 Å². The van der Waals surface area contributed by atoms with E-state index in [0.717, 1.165) is 25.9 Å². The van der Waals surface area contributed by atoms with Gasteiger partial charge in [-0.25, -0.2) is 4.39 Å². The summed E-state index contributed by atoms with van der Waals surface area (Å²) in [4.78, 5) is 0. The van der Waals surface area contributed by atoms with Crippen molar-refractivity contribution in [1.29, 1.82) is 5.26 Å². The van der Waals surface area contributed by atoms with Crippen LogP contribution in [0.25, 0.3) is 0 Å². The number of halogens is 2. The molecule has 0 N–H and O–H groups in total. The molecule has 4 nitrogen and oxygen atoms in total. The van der Waals surface area contributed by atoms with Crippen molar-refractivity contribution in [2.24, 2.45) is 0 Å². The van der Waals surface area contributed by atoms with Gasteiger partial charge in [-0.15, -0.1) is 0 Å². The quantitative estimate of drug-likeness (QED) is 0.769. The lowest BCUT2D eigenvalue weighted by atomic mass is 10.2. The Morgan fingerprint density at radius 1 is 1.40 bits per heavy atom. The van der Waals surface area contributed by atoms with Gasteiger partial charge in [0.15, 0.2) is 17.9 Å². The van der Waals surface area contributed by atoms with E-state index in [0.29, 0.717) is 6.61 Å². The molecule has 1 fully saturated rings. The van der Waals surface area contributed by atoms with Crippen LogP contribution in [-0.2, 0) is 9.47 Å². The molecular formula is C14H15BrFNO3. The maximum absolute atomic E-state index is 13.8. The van der Waals surface area contributed by atoms with Crippen molar-refractivity contribution in [3.05, 3.63) is 28.0 Å². The average molecular weight is 344 g/mol. The van der Waals surface area contributed by atoms with Gasteiger partial charge in [0, 0.05) is 6.61 Å². The second kappa shape index (κ2) is 7.58. The smallest absolute Gasteiger partial charge is 0.180 e. The van der Waals surface area contributed by atoms with Gasteiger partial charge < -0.3 is 14.2 Å². The van der Waals surface area contributed by atoms with Crippen molar-refractivity contribution in [3.8, 4) is 11.8 Å². The van der Waals surface area contributed by atoms with Gasteiger partial charge in [0.1, 0.15) is 12.7 Å². The zero-order valence-corrected chi connectivity index (χ0v) is 12.5. The minimum Gasteiger partial charge on any atom is -0.488 e. The fraction of sp³-hybridized carbons (Fsp3) is 0.500. The summed E-state index contributed by atoms with van der Waals surface area (Å²) in [6, 6.07) is 4.84. The second-order valence-corrected chi connectivity index (χ2v) is 5.16. The minimum atomic E-state index is -0.571. The first-order chi connectivity index (χ1) is 9.72. The van der Waals surface area contributed by atoms with Crippen LogP contribution in [0.3, 0.4) is 0 Å². The molecule has 0 spiro atoms. The molecule has 2 rings (SSSR count). The van der Waals surface area contributed by atoms with Gasteiger partial charge in [-0.05, 0) is 47.3 Å². The summed E-state index contributed by atoms with van der Waals surface area (Å²) < 4.78 is 30.2. The summed E-state index contributed by atoms with van der Waals surface area (Å²) in [6.07, 6.45) is 2.88. The summed E-state index contributed by atoms with van der Waals surface area (Å²) in [6.45, 7) is 1.29. The van der Waals surface area contributed by atoms with Crippen molar-refractivity contribution < 1.29 is 18.6 Å². The normalized spacial score (nSPS) is 18.6. The Bertz CT molecular complexity index is 498. The predicted molar refractivity (Wildman–Crippen MR) is 73.9 cm³/mol. The van der Waals surface area contributed by atoms with E-state index in [1.165, 1.54) is 12.1 Å². The molecule has 6 heteroatoms. The zero-order valence-electron chi connectivity index (χ0n) is 10.9. The Morgan fingerprint density at radius 3 is 2.95 bits per heavy atom. The van der Waals surface area contributed by atoms with Crippen LogP contribution in [0.1, 0.15) is 24.8 Å². The van der Waals surface area contributed by atoms with Gasteiger partial charge in [-0.3, -0.25) is 0 Å². The van der Waals surface area contributed by atoms with Gasteiger partial charge in [0.2, 0.25) is 0 Å². The van der Waals surface area contributed by atoms with Crippen molar-refractivity contribution in [1.82, 2.24) is 0 Å². The number of ether oxygens (including phenoxy) is 3. The molecule has 0 aliphatic carbocycles. The third-order valence-corrected chi connectivity index (χ3v) is 3.73. The molecule has 1 heterocycles.